The number of carbonyl (C=O) groups is 2. The van der Waals surface area contributed by atoms with Gasteiger partial charge in [0.25, 0.3) is 0 Å². The van der Waals surface area contributed by atoms with Gasteiger partial charge in [-0.05, 0) is 68.4 Å². The van der Waals surface area contributed by atoms with Gasteiger partial charge in [0.2, 0.25) is 0 Å². The summed E-state index contributed by atoms with van der Waals surface area (Å²) in [7, 11) is 0. The fraction of sp³-hybridized carbons (Fsp3) is 0.700. The molecule has 3 N–H and O–H groups in total. The van der Waals surface area contributed by atoms with E-state index >= 15 is 0 Å². The smallest absolute Gasteiger partial charge is 0.307 e. The fourth-order valence-corrected chi connectivity index (χ4v) is 6.78. The number of hydrogen-bond donors (Lipinski definition) is 3. The number of ketones is 1. The van der Waals surface area contributed by atoms with Gasteiger partial charge in [-0.25, -0.2) is 0 Å². The Morgan fingerprint density at radius 1 is 1.20 bits per heavy atom. The zero-order valence-electron chi connectivity index (χ0n) is 14.5. The number of hydrogen-bond acceptors (Lipinski definition) is 4. The van der Waals surface area contributed by atoms with Crippen LogP contribution in [0.3, 0.4) is 0 Å². The largest absolute Gasteiger partial charge is 0.481 e. The van der Waals surface area contributed by atoms with Crippen LogP contribution in [0.25, 0.3) is 0 Å². The van der Waals surface area contributed by atoms with Crippen LogP contribution >= 0.6 is 0 Å². The van der Waals surface area contributed by atoms with Crippen molar-refractivity contribution in [2.75, 3.05) is 0 Å². The Hall–Kier alpha value is -1.46. The molecule has 0 aromatic rings. The highest BCUT2D eigenvalue weighted by Gasteiger charge is 2.64. The molecule has 6 atom stereocenters. The van der Waals surface area contributed by atoms with Crippen LogP contribution in [0.4, 0.5) is 0 Å². The summed E-state index contributed by atoms with van der Waals surface area (Å²) in [5.74, 6) is -0.891. The standard InChI is InChI=1S/C20H26O5/c1-19-8-6-12(21)10-11(19)2-3-13-14(19)7-9-20(18(24)25)15(13)4-5-16(20)17(22)23/h6,8,10,13-16,18,24-25H,2-5,7,9H2,1H3,(H,22,23)/t13-,14+,15+,16-,19+,20-/m1/s1. The molecule has 0 saturated heterocycles. The normalized spacial score (nSPS) is 45.6. The Bertz CT molecular complexity index is 678. The zero-order valence-corrected chi connectivity index (χ0v) is 14.5. The molecular formula is C20H26O5. The molecule has 5 heteroatoms. The van der Waals surface area contributed by atoms with Gasteiger partial charge < -0.3 is 15.3 Å². The van der Waals surface area contributed by atoms with Crippen molar-refractivity contribution in [1.29, 1.82) is 0 Å². The maximum Gasteiger partial charge on any atom is 0.307 e. The van der Waals surface area contributed by atoms with Crippen molar-refractivity contribution in [2.45, 2.75) is 51.7 Å². The molecule has 0 heterocycles. The summed E-state index contributed by atoms with van der Waals surface area (Å²) in [4.78, 5) is 23.5. The van der Waals surface area contributed by atoms with Gasteiger partial charge in [-0.15, -0.1) is 0 Å². The molecule has 25 heavy (non-hydrogen) atoms. The number of carboxylic acid groups (broad SMARTS) is 1. The second-order valence-electron chi connectivity index (χ2n) is 8.60. The zero-order chi connectivity index (χ0) is 18.0. The molecule has 0 aromatic carbocycles. The van der Waals surface area contributed by atoms with Gasteiger partial charge in [0.1, 0.15) is 0 Å². The van der Waals surface area contributed by atoms with Gasteiger partial charge in [0, 0.05) is 10.8 Å². The van der Waals surface area contributed by atoms with Gasteiger partial charge in [0.15, 0.2) is 12.1 Å². The van der Waals surface area contributed by atoms with E-state index < -0.39 is 23.6 Å². The molecule has 136 valence electrons. The molecule has 3 fully saturated rings. The van der Waals surface area contributed by atoms with Gasteiger partial charge >= 0.3 is 5.97 Å². The summed E-state index contributed by atoms with van der Waals surface area (Å²) in [5.41, 5.74) is 0.106. The first-order chi connectivity index (χ1) is 11.8. The minimum atomic E-state index is -1.59. The average molecular weight is 346 g/mol. The first-order valence-electron chi connectivity index (χ1n) is 9.34. The lowest BCUT2D eigenvalue weighted by Gasteiger charge is -2.57. The Morgan fingerprint density at radius 3 is 2.64 bits per heavy atom. The molecule has 0 amide bonds. The van der Waals surface area contributed by atoms with E-state index in [1.54, 1.807) is 12.2 Å². The van der Waals surface area contributed by atoms with Gasteiger partial charge in [-0.3, -0.25) is 9.59 Å². The van der Waals surface area contributed by atoms with Crippen LogP contribution in [-0.2, 0) is 9.59 Å². The monoisotopic (exact) mass is 346 g/mol. The molecular weight excluding hydrogens is 320 g/mol. The van der Waals surface area contributed by atoms with Crippen LogP contribution in [-0.4, -0.2) is 33.4 Å². The van der Waals surface area contributed by atoms with Crippen LogP contribution in [0, 0.1) is 34.5 Å². The van der Waals surface area contributed by atoms with Crippen LogP contribution in [0.15, 0.2) is 23.8 Å². The van der Waals surface area contributed by atoms with Crippen molar-refractivity contribution in [3.8, 4) is 0 Å². The molecule has 0 spiro atoms. The number of aliphatic carboxylic acids is 1. The molecule has 0 bridgehead atoms. The van der Waals surface area contributed by atoms with Crippen molar-refractivity contribution in [3.63, 3.8) is 0 Å². The predicted octanol–water partition coefficient (Wildman–Crippen LogP) is 2.29. The van der Waals surface area contributed by atoms with Crippen molar-refractivity contribution < 1.29 is 24.9 Å². The van der Waals surface area contributed by atoms with E-state index in [0.29, 0.717) is 18.8 Å². The second kappa shape index (κ2) is 5.52. The van der Waals surface area contributed by atoms with Crippen LogP contribution in [0.2, 0.25) is 0 Å². The molecule has 0 aromatic heterocycles. The van der Waals surface area contributed by atoms with E-state index in [-0.39, 0.29) is 23.0 Å². The highest BCUT2D eigenvalue weighted by Crippen LogP contribution is 2.66. The highest BCUT2D eigenvalue weighted by atomic mass is 16.5. The fourth-order valence-electron chi connectivity index (χ4n) is 6.78. The van der Waals surface area contributed by atoms with Crippen molar-refractivity contribution in [2.24, 2.45) is 34.5 Å². The average Bonchev–Trinajstić information content (AvgIpc) is 2.96. The van der Waals surface area contributed by atoms with E-state index in [1.807, 2.05) is 6.08 Å². The molecule has 4 aliphatic carbocycles. The number of aliphatic hydroxyl groups excluding tert-OH is 1. The Kier molecular flexibility index (Phi) is 3.75. The maximum atomic E-state index is 11.8. The number of rotatable bonds is 2. The predicted molar refractivity (Wildman–Crippen MR) is 90.3 cm³/mol. The summed E-state index contributed by atoms with van der Waals surface area (Å²) in [5, 5.41) is 30.1. The lowest BCUT2D eigenvalue weighted by molar-refractivity contribution is -0.209. The molecule has 0 unspecified atom stereocenters. The first kappa shape index (κ1) is 17.0. The maximum absolute atomic E-state index is 11.8. The van der Waals surface area contributed by atoms with Crippen molar-refractivity contribution in [3.05, 3.63) is 23.8 Å². The number of allylic oxidation sites excluding steroid dienone is 4. The molecule has 5 nitrogen and oxygen atoms in total. The van der Waals surface area contributed by atoms with Crippen LogP contribution < -0.4 is 0 Å². The molecule has 3 saturated carbocycles. The minimum absolute atomic E-state index is 0.0248. The molecule has 4 aliphatic rings. The third-order valence-electron chi connectivity index (χ3n) is 7.93. The third-order valence-corrected chi connectivity index (χ3v) is 7.93. The van der Waals surface area contributed by atoms with Gasteiger partial charge in [-0.2, -0.15) is 0 Å². The topological polar surface area (TPSA) is 94.8 Å². The van der Waals surface area contributed by atoms with E-state index in [9.17, 15) is 24.9 Å². The lowest BCUT2D eigenvalue weighted by Crippen LogP contribution is -2.55. The number of aliphatic hydroxyl groups is 2. The van der Waals surface area contributed by atoms with Crippen molar-refractivity contribution in [1.82, 2.24) is 0 Å². The lowest BCUT2D eigenvalue weighted by atomic mass is 9.47. The first-order valence-corrected chi connectivity index (χ1v) is 9.34. The van der Waals surface area contributed by atoms with Crippen molar-refractivity contribution >= 4 is 11.8 Å². The summed E-state index contributed by atoms with van der Waals surface area (Å²) < 4.78 is 0. The number of carboxylic acids is 1. The summed E-state index contributed by atoms with van der Waals surface area (Å²) >= 11 is 0. The summed E-state index contributed by atoms with van der Waals surface area (Å²) in [6.45, 7) is 2.19. The quantitative estimate of drug-likeness (QED) is 0.667. The minimum Gasteiger partial charge on any atom is -0.481 e. The van der Waals surface area contributed by atoms with E-state index in [4.69, 9.17) is 0 Å². The summed E-state index contributed by atoms with van der Waals surface area (Å²) in [6, 6.07) is 0. The van der Waals surface area contributed by atoms with E-state index in [2.05, 4.69) is 6.92 Å². The summed E-state index contributed by atoms with van der Waals surface area (Å²) in [6.07, 6.45) is 8.17. The van der Waals surface area contributed by atoms with Gasteiger partial charge in [0.05, 0.1) is 5.92 Å². The second-order valence-corrected chi connectivity index (χ2v) is 8.60. The molecule has 0 aliphatic heterocycles. The third kappa shape index (κ3) is 2.15. The molecule has 4 rings (SSSR count). The van der Waals surface area contributed by atoms with E-state index in [1.165, 1.54) is 5.57 Å². The Labute approximate surface area is 147 Å². The highest BCUT2D eigenvalue weighted by molar-refractivity contribution is 6.01. The van der Waals surface area contributed by atoms with Crippen LogP contribution in [0.5, 0.6) is 0 Å². The molecule has 0 radical (unpaired) electrons. The van der Waals surface area contributed by atoms with Gasteiger partial charge in [-0.1, -0.05) is 18.6 Å². The Morgan fingerprint density at radius 2 is 1.96 bits per heavy atom. The van der Waals surface area contributed by atoms with Crippen LogP contribution in [0.1, 0.15) is 45.4 Å². The van der Waals surface area contributed by atoms with E-state index in [0.717, 1.165) is 25.7 Å². The number of carbonyl (C=O) groups excluding carboxylic acids is 1. The Balaban J connectivity index is 1.72. The number of fused-ring (bicyclic) bond motifs is 5. The SMILES string of the molecule is C[C@]12C=CC(=O)C=C1CC[C@H]1[C@@H]3CC[C@H](C(=O)O)[C@@]3(C(O)O)CC[C@@H]12.